The van der Waals surface area contributed by atoms with Gasteiger partial charge in [0.15, 0.2) is 0 Å². The molecule has 0 N–H and O–H groups in total. The van der Waals surface area contributed by atoms with Crippen molar-refractivity contribution in [2.45, 2.75) is 64.0 Å². The van der Waals surface area contributed by atoms with E-state index in [2.05, 4.69) is 46.0 Å². The van der Waals surface area contributed by atoms with Gasteiger partial charge in [-0.15, -0.1) is 0 Å². The van der Waals surface area contributed by atoms with Crippen LogP contribution in [0.3, 0.4) is 0 Å². The number of hydrogen-bond donors (Lipinski definition) is 0. The average molecular weight is 324 g/mol. The second kappa shape index (κ2) is 8.34. The zero-order valence-electron chi connectivity index (χ0n) is 14.9. The fourth-order valence-corrected chi connectivity index (χ4v) is 3.74. The van der Waals surface area contributed by atoms with E-state index in [9.17, 15) is 0 Å². The molecule has 4 nitrogen and oxygen atoms in total. The van der Waals surface area contributed by atoms with Crippen LogP contribution < -0.4 is 0 Å². The Bertz CT molecular complexity index is 605. The molecular weight excluding hydrogens is 296 g/mol. The maximum Gasteiger partial charge on any atom is 0.131 e. The van der Waals surface area contributed by atoms with Gasteiger partial charge in [-0.25, -0.2) is 9.97 Å². The Balaban J connectivity index is 1.64. The largest absolute Gasteiger partial charge is 0.293 e. The lowest BCUT2D eigenvalue weighted by Crippen LogP contribution is -2.24. The quantitative estimate of drug-likeness (QED) is 0.784. The summed E-state index contributed by atoms with van der Waals surface area (Å²) in [6, 6.07) is 6.45. The van der Waals surface area contributed by atoms with Gasteiger partial charge in [0.05, 0.1) is 11.7 Å². The minimum absolute atomic E-state index is 0.323. The first-order chi connectivity index (χ1) is 11.8. The summed E-state index contributed by atoms with van der Waals surface area (Å²) in [7, 11) is 2.15. The summed E-state index contributed by atoms with van der Waals surface area (Å²) in [6.07, 6.45) is 13.4. The van der Waals surface area contributed by atoms with Gasteiger partial charge in [-0.2, -0.15) is 0 Å². The van der Waals surface area contributed by atoms with Crippen LogP contribution in [0.5, 0.6) is 0 Å². The maximum absolute atomic E-state index is 4.66. The van der Waals surface area contributed by atoms with Crippen LogP contribution in [0.15, 0.2) is 36.8 Å². The molecule has 1 fully saturated rings. The molecule has 24 heavy (non-hydrogen) atoms. The molecule has 1 unspecified atom stereocenters. The van der Waals surface area contributed by atoms with Gasteiger partial charge < -0.3 is 0 Å². The van der Waals surface area contributed by atoms with E-state index in [-0.39, 0.29) is 0 Å². The lowest BCUT2D eigenvalue weighted by Gasteiger charge is -2.26. The van der Waals surface area contributed by atoms with Gasteiger partial charge in [0, 0.05) is 36.6 Å². The molecule has 0 saturated heterocycles. The van der Waals surface area contributed by atoms with Crippen molar-refractivity contribution in [2.24, 2.45) is 0 Å². The molecule has 0 aliphatic heterocycles. The molecule has 0 bridgehead atoms. The van der Waals surface area contributed by atoms with Crippen LogP contribution in [0.2, 0.25) is 0 Å². The van der Waals surface area contributed by atoms with Crippen molar-refractivity contribution >= 4 is 0 Å². The van der Waals surface area contributed by atoms with Gasteiger partial charge in [-0.3, -0.25) is 9.88 Å². The highest BCUT2D eigenvalue weighted by Gasteiger charge is 2.19. The topological polar surface area (TPSA) is 41.9 Å². The fraction of sp³-hybridized carbons (Fsp3) is 0.550. The molecule has 3 rings (SSSR count). The summed E-state index contributed by atoms with van der Waals surface area (Å²) in [4.78, 5) is 16.2. The molecule has 0 amide bonds. The molecule has 2 aromatic rings. The van der Waals surface area contributed by atoms with Crippen molar-refractivity contribution in [1.29, 1.82) is 0 Å². The minimum atomic E-state index is 0.323. The van der Waals surface area contributed by atoms with Gasteiger partial charge in [0.1, 0.15) is 5.82 Å². The molecule has 1 atom stereocenters. The van der Waals surface area contributed by atoms with Gasteiger partial charge in [-0.1, -0.05) is 32.3 Å². The van der Waals surface area contributed by atoms with Crippen LogP contribution in [0.4, 0.5) is 0 Å². The third kappa shape index (κ3) is 4.18. The molecule has 1 saturated carbocycles. The third-order valence-electron chi connectivity index (χ3n) is 5.08. The molecule has 0 radical (unpaired) electrons. The third-order valence-corrected chi connectivity index (χ3v) is 5.08. The van der Waals surface area contributed by atoms with Crippen molar-refractivity contribution in [3.05, 3.63) is 53.9 Å². The Labute approximate surface area is 145 Å². The highest BCUT2D eigenvalue weighted by Crippen LogP contribution is 2.30. The second-order valence-electron chi connectivity index (χ2n) is 6.88. The van der Waals surface area contributed by atoms with Crippen molar-refractivity contribution in [3.8, 4) is 0 Å². The average Bonchev–Trinajstić information content (AvgIpc) is 2.64. The summed E-state index contributed by atoms with van der Waals surface area (Å²) >= 11 is 0. The molecule has 128 valence electrons. The Morgan fingerprint density at radius 1 is 1.08 bits per heavy atom. The summed E-state index contributed by atoms with van der Waals surface area (Å²) < 4.78 is 0. The normalized spacial score (nSPS) is 17.1. The van der Waals surface area contributed by atoms with Crippen LogP contribution in [0.25, 0.3) is 0 Å². The monoisotopic (exact) mass is 324 g/mol. The second-order valence-corrected chi connectivity index (χ2v) is 6.88. The molecule has 0 aromatic carbocycles. The summed E-state index contributed by atoms with van der Waals surface area (Å²) in [5.41, 5.74) is 2.30. The smallest absolute Gasteiger partial charge is 0.131 e. The maximum atomic E-state index is 4.66. The van der Waals surface area contributed by atoms with Crippen LogP contribution in [-0.4, -0.2) is 26.9 Å². The number of pyridine rings is 1. The lowest BCUT2D eigenvalue weighted by atomic mass is 9.89. The first-order valence-corrected chi connectivity index (χ1v) is 9.20. The zero-order chi connectivity index (χ0) is 16.8. The summed E-state index contributed by atoms with van der Waals surface area (Å²) in [6.45, 7) is 3.05. The van der Waals surface area contributed by atoms with Crippen LogP contribution in [-0.2, 0) is 6.54 Å². The van der Waals surface area contributed by atoms with Crippen molar-refractivity contribution in [3.63, 3.8) is 0 Å². The molecule has 2 heterocycles. The van der Waals surface area contributed by atoms with Gasteiger partial charge in [0.2, 0.25) is 0 Å². The zero-order valence-corrected chi connectivity index (χ0v) is 14.9. The molecule has 1 aliphatic rings. The highest BCUT2D eigenvalue weighted by atomic mass is 15.1. The predicted molar refractivity (Wildman–Crippen MR) is 96.6 cm³/mol. The van der Waals surface area contributed by atoms with Gasteiger partial charge >= 0.3 is 0 Å². The van der Waals surface area contributed by atoms with E-state index in [1.165, 1.54) is 37.7 Å². The van der Waals surface area contributed by atoms with E-state index in [1.807, 2.05) is 24.7 Å². The Morgan fingerprint density at radius 2 is 1.83 bits per heavy atom. The highest BCUT2D eigenvalue weighted by molar-refractivity contribution is 5.11. The van der Waals surface area contributed by atoms with E-state index in [4.69, 9.17) is 0 Å². The number of hydrogen-bond acceptors (Lipinski definition) is 4. The van der Waals surface area contributed by atoms with Crippen LogP contribution in [0.1, 0.15) is 74.5 Å². The minimum Gasteiger partial charge on any atom is -0.293 e. The Morgan fingerprint density at radius 3 is 2.46 bits per heavy atom. The fourth-order valence-electron chi connectivity index (χ4n) is 3.74. The number of rotatable bonds is 6. The molecule has 1 aliphatic carbocycles. The van der Waals surface area contributed by atoms with Crippen molar-refractivity contribution in [1.82, 2.24) is 19.9 Å². The van der Waals surface area contributed by atoms with E-state index >= 15 is 0 Å². The van der Waals surface area contributed by atoms with Gasteiger partial charge in [0.25, 0.3) is 0 Å². The van der Waals surface area contributed by atoms with E-state index in [0.29, 0.717) is 12.0 Å². The SMILES string of the molecule is CCC(c1ccccn1)N(C)Cc1cnc(C2CCCCC2)nc1. The predicted octanol–water partition coefficient (Wildman–Crippen LogP) is 4.50. The van der Waals surface area contributed by atoms with Crippen molar-refractivity contribution < 1.29 is 0 Å². The Hall–Kier alpha value is -1.81. The first-order valence-electron chi connectivity index (χ1n) is 9.20. The number of nitrogens with zero attached hydrogens (tertiary/aromatic N) is 4. The van der Waals surface area contributed by atoms with Crippen LogP contribution >= 0.6 is 0 Å². The molecule has 2 aromatic heterocycles. The first kappa shape index (κ1) is 17.0. The molecular formula is C20H28N4. The molecule has 4 heteroatoms. The standard InChI is InChI=1S/C20H28N4/c1-3-19(18-11-7-8-12-21-18)24(2)15-16-13-22-20(23-14-16)17-9-5-4-6-10-17/h7-8,11-14,17,19H,3-6,9-10,15H2,1-2H3. The molecule has 0 spiro atoms. The number of aromatic nitrogens is 3. The van der Waals surface area contributed by atoms with E-state index < -0.39 is 0 Å². The lowest BCUT2D eigenvalue weighted by molar-refractivity contribution is 0.225. The Kier molecular flexibility index (Phi) is 5.91. The van der Waals surface area contributed by atoms with E-state index in [1.54, 1.807) is 0 Å². The van der Waals surface area contributed by atoms with E-state index in [0.717, 1.165) is 24.5 Å². The van der Waals surface area contributed by atoms with Gasteiger partial charge in [-0.05, 0) is 38.4 Å². The van der Waals surface area contributed by atoms with Crippen LogP contribution in [0, 0.1) is 0 Å². The summed E-state index contributed by atoms with van der Waals surface area (Å²) in [5.74, 6) is 1.61. The van der Waals surface area contributed by atoms with Crippen molar-refractivity contribution in [2.75, 3.05) is 7.05 Å². The summed E-state index contributed by atoms with van der Waals surface area (Å²) in [5, 5.41) is 0.